The molecule has 0 radical (unpaired) electrons. The van der Waals surface area contributed by atoms with Gasteiger partial charge in [0.15, 0.2) is 0 Å². The smallest absolute Gasteiger partial charge is 0.0540 e. The fraction of sp³-hybridized carbons (Fsp3) is 0. The Bertz CT molecular complexity index is 2640. The Balaban J connectivity index is 1.10. The van der Waals surface area contributed by atoms with Crippen LogP contribution in [0.25, 0.3) is 66.8 Å². The van der Waals surface area contributed by atoms with Gasteiger partial charge in [0, 0.05) is 16.9 Å². The van der Waals surface area contributed by atoms with Gasteiger partial charge in [0.05, 0.1) is 5.69 Å². The van der Waals surface area contributed by atoms with E-state index in [2.05, 4.69) is 241 Å². The predicted molar refractivity (Wildman–Crippen MR) is 234 cm³/mol. The van der Waals surface area contributed by atoms with Crippen LogP contribution in [0.1, 0.15) is 0 Å². The summed E-state index contributed by atoms with van der Waals surface area (Å²) in [5, 5.41) is 0. The Kier molecular flexibility index (Phi) is 9.41. The molecule has 0 fully saturated rings. The van der Waals surface area contributed by atoms with Crippen molar-refractivity contribution in [3.8, 4) is 66.8 Å². The fourth-order valence-corrected chi connectivity index (χ4v) is 7.58. The lowest BCUT2D eigenvalue weighted by Gasteiger charge is -2.28. The molecule has 0 amide bonds. The normalized spacial score (nSPS) is 10.9. The first-order chi connectivity index (χ1) is 27.3. The molecule has 260 valence electrons. The van der Waals surface area contributed by atoms with Crippen LogP contribution in [0.4, 0.5) is 17.1 Å². The second-order valence-corrected chi connectivity index (χ2v) is 13.7. The van der Waals surface area contributed by atoms with Crippen molar-refractivity contribution in [2.45, 2.75) is 0 Å². The van der Waals surface area contributed by atoms with Gasteiger partial charge in [-0.2, -0.15) is 0 Å². The first-order valence-corrected chi connectivity index (χ1v) is 18.8. The number of rotatable bonds is 9. The summed E-state index contributed by atoms with van der Waals surface area (Å²) >= 11 is 0. The second-order valence-electron chi connectivity index (χ2n) is 13.7. The maximum atomic E-state index is 2.38. The third kappa shape index (κ3) is 7.00. The van der Waals surface area contributed by atoms with Gasteiger partial charge in [0.1, 0.15) is 0 Å². The molecule has 1 nitrogen and oxygen atoms in total. The maximum Gasteiger partial charge on any atom is 0.0540 e. The summed E-state index contributed by atoms with van der Waals surface area (Å²) in [6.45, 7) is 0. The van der Waals surface area contributed by atoms with Gasteiger partial charge in [0.25, 0.3) is 0 Å². The van der Waals surface area contributed by atoms with E-state index >= 15 is 0 Å². The lowest BCUT2D eigenvalue weighted by Crippen LogP contribution is -2.11. The molecule has 0 saturated heterocycles. The van der Waals surface area contributed by atoms with E-state index in [-0.39, 0.29) is 0 Å². The Morgan fingerprint density at radius 1 is 0.182 bits per heavy atom. The molecule has 55 heavy (non-hydrogen) atoms. The molecule has 9 rings (SSSR count). The third-order valence-corrected chi connectivity index (χ3v) is 10.3. The van der Waals surface area contributed by atoms with Crippen LogP contribution in [0.15, 0.2) is 237 Å². The lowest BCUT2D eigenvalue weighted by atomic mass is 9.88. The molecular weight excluding hydrogens is 663 g/mol. The summed E-state index contributed by atoms with van der Waals surface area (Å²) in [4.78, 5) is 2.38. The highest BCUT2D eigenvalue weighted by Gasteiger charge is 2.20. The Morgan fingerprint density at radius 3 is 0.964 bits per heavy atom. The molecule has 0 aromatic heterocycles. The maximum absolute atomic E-state index is 2.38. The largest absolute Gasteiger partial charge is 0.310 e. The fourth-order valence-electron chi connectivity index (χ4n) is 7.58. The molecule has 0 aliphatic carbocycles. The molecule has 9 aromatic carbocycles. The molecule has 0 spiro atoms. The van der Waals surface area contributed by atoms with Crippen LogP contribution in [-0.4, -0.2) is 0 Å². The minimum absolute atomic E-state index is 1.10. The number of benzene rings is 9. The van der Waals surface area contributed by atoms with Crippen molar-refractivity contribution >= 4 is 17.1 Å². The molecule has 0 heterocycles. The van der Waals surface area contributed by atoms with Crippen molar-refractivity contribution in [3.05, 3.63) is 237 Å². The molecule has 0 aliphatic heterocycles. The highest BCUT2D eigenvalue weighted by molar-refractivity contribution is 5.97. The average molecular weight is 702 g/mol. The Labute approximate surface area is 324 Å². The zero-order valence-corrected chi connectivity index (χ0v) is 30.5. The molecule has 0 unspecified atom stereocenters. The zero-order chi connectivity index (χ0) is 36.8. The van der Waals surface area contributed by atoms with Crippen LogP contribution in [0.3, 0.4) is 0 Å². The monoisotopic (exact) mass is 701 g/mol. The summed E-state index contributed by atoms with van der Waals surface area (Å²) in [5.74, 6) is 0. The number of hydrogen-bond acceptors (Lipinski definition) is 1. The standard InChI is InChI=1S/C54H39N/c1-4-16-40(17-5-1)42-28-30-44(31-29-42)45-36-38-48(39-37-45)55(47-20-8-3-9-21-47)54-27-15-14-26-53(54)52-25-13-12-24-51(52)50-23-11-10-22-49(50)46-34-32-43(33-35-46)41-18-6-2-7-19-41/h1-39H. The van der Waals surface area contributed by atoms with Gasteiger partial charge in [-0.25, -0.2) is 0 Å². The van der Waals surface area contributed by atoms with Crippen LogP contribution in [0.5, 0.6) is 0 Å². The molecule has 0 N–H and O–H groups in total. The Hall–Kier alpha value is -7.22. The van der Waals surface area contributed by atoms with Crippen molar-refractivity contribution < 1.29 is 0 Å². The van der Waals surface area contributed by atoms with Gasteiger partial charge in [-0.1, -0.05) is 206 Å². The molecule has 0 saturated carbocycles. The van der Waals surface area contributed by atoms with Crippen LogP contribution in [0.2, 0.25) is 0 Å². The van der Waals surface area contributed by atoms with Crippen molar-refractivity contribution in [2.24, 2.45) is 0 Å². The van der Waals surface area contributed by atoms with Gasteiger partial charge in [0.2, 0.25) is 0 Å². The quantitative estimate of drug-likeness (QED) is 0.145. The third-order valence-electron chi connectivity index (χ3n) is 10.3. The summed E-state index contributed by atoms with van der Waals surface area (Å²) in [5.41, 5.74) is 17.7. The van der Waals surface area contributed by atoms with Gasteiger partial charge in [-0.15, -0.1) is 0 Å². The molecule has 0 atom stereocenters. The summed E-state index contributed by atoms with van der Waals surface area (Å²) in [6.07, 6.45) is 0. The highest BCUT2D eigenvalue weighted by atomic mass is 15.1. The van der Waals surface area contributed by atoms with Crippen LogP contribution in [-0.2, 0) is 0 Å². The zero-order valence-electron chi connectivity index (χ0n) is 30.5. The van der Waals surface area contributed by atoms with E-state index in [0.29, 0.717) is 0 Å². The van der Waals surface area contributed by atoms with Crippen molar-refractivity contribution in [2.75, 3.05) is 4.90 Å². The van der Waals surface area contributed by atoms with Crippen molar-refractivity contribution in [3.63, 3.8) is 0 Å². The molecule has 0 bridgehead atoms. The first-order valence-electron chi connectivity index (χ1n) is 18.8. The topological polar surface area (TPSA) is 3.24 Å². The predicted octanol–water partition coefficient (Wildman–Crippen LogP) is 15.2. The minimum atomic E-state index is 1.10. The summed E-state index contributed by atoms with van der Waals surface area (Å²) in [6, 6.07) is 84.9. The van der Waals surface area contributed by atoms with Gasteiger partial charge >= 0.3 is 0 Å². The number of para-hydroxylation sites is 2. The van der Waals surface area contributed by atoms with Gasteiger partial charge in [-0.3, -0.25) is 0 Å². The van der Waals surface area contributed by atoms with E-state index in [4.69, 9.17) is 0 Å². The van der Waals surface area contributed by atoms with E-state index < -0.39 is 0 Å². The molecule has 1 heteroatoms. The van der Waals surface area contributed by atoms with Gasteiger partial charge < -0.3 is 4.90 Å². The van der Waals surface area contributed by atoms with Crippen LogP contribution in [0, 0.1) is 0 Å². The van der Waals surface area contributed by atoms with Crippen LogP contribution >= 0.6 is 0 Å². The number of nitrogens with zero attached hydrogens (tertiary/aromatic N) is 1. The van der Waals surface area contributed by atoms with Crippen molar-refractivity contribution in [1.29, 1.82) is 0 Å². The SMILES string of the molecule is c1ccc(-c2ccc(-c3ccc(N(c4ccccc4)c4ccccc4-c4ccccc4-c4ccccc4-c4ccc(-c5ccccc5)cc4)cc3)cc2)cc1. The van der Waals surface area contributed by atoms with E-state index in [1.807, 2.05) is 0 Å². The molecule has 9 aromatic rings. The molecule has 0 aliphatic rings. The van der Waals surface area contributed by atoms with E-state index in [9.17, 15) is 0 Å². The second kappa shape index (κ2) is 15.4. The van der Waals surface area contributed by atoms with Gasteiger partial charge in [-0.05, 0) is 91.5 Å². The minimum Gasteiger partial charge on any atom is -0.310 e. The summed E-state index contributed by atoms with van der Waals surface area (Å²) in [7, 11) is 0. The highest BCUT2D eigenvalue weighted by Crippen LogP contribution is 2.45. The molecular formula is C54H39N. The van der Waals surface area contributed by atoms with E-state index in [0.717, 1.165) is 22.6 Å². The number of hydrogen-bond donors (Lipinski definition) is 0. The van der Waals surface area contributed by atoms with E-state index in [1.165, 1.54) is 61.2 Å². The summed E-state index contributed by atoms with van der Waals surface area (Å²) < 4.78 is 0. The van der Waals surface area contributed by atoms with Crippen LogP contribution < -0.4 is 4.90 Å². The lowest BCUT2D eigenvalue weighted by molar-refractivity contribution is 1.28. The van der Waals surface area contributed by atoms with E-state index in [1.54, 1.807) is 0 Å². The first kappa shape index (κ1) is 33.6. The average Bonchev–Trinajstić information content (AvgIpc) is 3.28. The van der Waals surface area contributed by atoms with Crippen molar-refractivity contribution in [1.82, 2.24) is 0 Å². The Morgan fingerprint density at radius 2 is 0.473 bits per heavy atom. The number of anilines is 3.